The van der Waals surface area contributed by atoms with Gasteiger partial charge in [-0.15, -0.1) is 0 Å². The van der Waals surface area contributed by atoms with Gasteiger partial charge < -0.3 is 4.98 Å². The monoisotopic (exact) mass is 174 g/mol. The Bertz CT molecular complexity index is 388. The molecule has 0 aromatic carbocycles. The lowest BCUT2D eigenvalue weighted by molar-refractivity contribution is 0.574. The summed E-state index contributed by atoms with van der Waals surface area (Å²) in [6, 6.07) is 6.12. The Kier molecular flexibility index (Phi) is 1.65. The van der Waals surface area contributed by atoms with Crippen molar-refractivity contribution in [1.82, 2.24) is 9.97 Å². The minimum Gasteiger partial charge on any atom is -0.357 e. The van der Waals surface area contributed by atoms with Crippen LogP contribution >= 0.6 is 0 Å². The topological polar surface area (TPSA) is 28.7 Å². The van der Waals surface area contributed by atoms with Crippen LogP contribution in [0, 0.1) is 0 Å². The summed E-state index contributed by atoms with van der Waals surface area (Å²) in [7, 11) is 0. The fraction of sp³-hybridized carbons (Fsp3) is 0.364. The van der Waals surface area contributed by atoms with Crippen molar-refractivity contribution in [2.45, 2.75) is 26.2 Å². The van der Waals surface area contributed by atoms with E-state index in [-0.39, 0.29) is 5.41 Å². The number of rotatable bonds is 0. The predicted octanol–water partition coefficient (Wildman–Crippen LogP) is 2.86. The normalized spacial score (nSPS) is 12.2. The molecule has 0 saturated heterocycles. The Morgan fingerprint density at radius 3 is 2.69 bits per heavy atom. The summed E-state index contributed by atoms with van der Waals surface area (Å²) < 4.78 is 0. The molecule has 1 N–H and O–H groups in total. The number of aromatic amines is 1. The summed E-state index contributed by atoms with van der Waals surface area (Å²) in [5.74, 6) is 0. The van der Waals surface area contributed by atoms with Gasteiger partial charge in [-0.2, -0.15) is 0 Å². The summed E-state index contributed by atoms with van der Waals surface area (Å²) in [4.78, 5) is 7.66. The fourth-order valence-electron chi connectivity index (χ4n) is 1.36. The molecule has 2 aromatic rings. The molecule has 13 heavy (non-hydrogen) atoms. The van der Waals surface area contributed by atoms with Crippen LogP contribution in [0.15, 0.2) is 24.4 Å². The van der Waals surface area contributed by atoms with Crippen LogP contribution in [0.2, 0.25) is 0 Å². The van der Waals surface area contributed by atoms with E-state index >= 15 is 0 Å². The summed E-state index contributed by atoms with van der Waals surface area (Å²) in [6.45, 7) is 6.58. The van der Waals surface area contributed by atoms with Gasteiger partial charge in [0.25, 0.3) is 0 Å². The van der Waals surface area contributed by atoms with E-state index in [1.807, 2.05) is 12.3 Å². The molecule has 2 heterocycles. The van der Waals surface area contributed by atoms with E-state index in [9.17, 15) is 0 Å². The van der Waals surface area contributed by atoms with Gasteiger partial charge in [-0.1, -0.05) is 20.8 Å². The smallest absolute Gasteiger partial charge is 0.0881 e. The summed E-state index contributed by atoms with van der Waals surface area (Å²) in [5.41, 5.74) is 3.57. The van der Waals surface area contributed by atoms with Gasteiger partial charge in [-0.3, -0.25) is 4.98 Å². The average molecular weight is 174 g/mol. The van der Waals surface area contributed by atoms with Crippen molar-refractivity contribution < 1.29 is 0 Å². The molecule has 0 unspecified atom stereocenters. The maximum Gasteiger partial charge on any atom is 0.0881 e. The van der Waals surface area contributed by atoms with E-state index in [2.05, 4.69) is 42.9 Å². The molecule has 0 atom stereocenters. The van der Waals surface area contributed by atoms with Gasteiger partial charge in [-0.05, 0) is 18.2 Å². The Morgan fingerprint density at radius 2 is 2.08 bits per heavy atom. The second kappa shape index (κ2) is 2.59. The summed E-state index contributed by atoms with van der Waals surface area (Å²) in [5, 5.41) is 0. The maximum absolute atomic E-state index is 4.28. The quantitative estimate of drug-likeness (QED) is 0.653. The number of fused-ring (bicyclic) bond motifs is 1. The Balaban J connectivity index is 2.63. The lowest BCUT2D eigenvalue weighted by Gasteiger charge is -2.15. The van der Waals surface area contributed by atoms with Crippen LogP contribution in [0.4, 0.5) is 0 Å². The SMILES string of the molecule is CC(C)(C)c1cc2ncccc2[nH]1. The lowest BCUT2D eigenvalue weighted by Crippen LogP contribution is -2.10. The standard InChI is InChI=1S/C11H14N2/c1-11(2,3)10-7-9-8(13-10)5-4-6-12-9/h4-7,13H,1-3H3. The van der Waals surface area contributed by atoms with E-state index in [0.29, 0.717) is 0 Å². The highest BCUT2D eigenvalue weighted by Gasteiger charge is 2.15. The predicted molar refractivity (Wildman–Crippen MR) is 54.8 cm³/mol. The van der Waals surface area contributed by atoms with Crippen LogP contribution in [0.25, 0.3) is 11.0 Å². The first-order valence-corrected chi connectivity index (χ1v) is 4.51. The Morgan fingerprint density at radius 1 is 1.31 bits per heavy atom. The molecular weight excluding hydrogens is 160 g/mol. The van der Waals surface area contributed by atoms with Gasteiger partial charge in [0.15, 0.2) is 0 Å². The van der Waals surface area contributed by atoms with Crippen molar-refractivity contribution in [3.8, 4) is 0 Å². The van der Waals surface area contributed by atoms with Crippen molar-refractivity contribution in [2.75, 3.05) is 0 Å². The van der Waals surface area contributed by atoms with E-state index in [1.54, 1.807) is 0 Å². The van der Waals surface area contributed by atoms with Gasteiger partial charge in [0.05, 0.1) is 11.0 Å². The fourth-order valence-corrected chi connectivity index (χ4v) is 1.36. The van der Waals surface area contributed by atoms with Crippen molar-refractivity contribution in [3.05, 3.63) is 30.1 Å². The van der Waals surface area contributed by atoms with E-state index in [1.165, 1.54) is 5.69 Å². The van der Waals surface area contributed by atoms with Crippen LogP contribution in [0.1, 0.15) is 26.5 Å². The van der Waals surface area contributed by atoms with Crippen molar-refractivity contribution in [2.24, 2.45) is 0 Å². The molecule has 0 radical (unpaired) electrons. The maximum atomic E-state index is 4.28. The zero-order valence-electron chi connectivity index (χ0n) is 8.26. The first-order valence-electron chi connectivity index (χ1n) is 4.51. The molecule has 0 fully saturated rings. The molecule has 0 saturated carbocycles. The number of pyridine rings is 1. The third-order valence-corrected chi connectivity index (χ3v) is 2.20. The highest BCUT2D eigenvalue weighted by molar-refractivity contribution is 5.75. The van der Waals surface area contributed by atoms with Crippen molar-refractivity contribution in [1.29, 1.82) is 0 Å². The van der Waals surface area contributed by atoms with Crippen LogP contribution < -0.4 is 0 Å². The molecule has 0 aliphatic carbocycles. The molecular formula is C11H14N2. The Hall–Kier alpha value is -1.31. The van der Waals surface area contributed by atoms with Crippen LogP contribution in [-0.2, 0) is 5.41 Å². The molecule has 68 valence electrons. The number of H-pyrrole nitrogens is 1. The van der Waals surface area contributed by atoms with Gasteiger partial charge in [-0.25, -0.2) is 0 Å². The highest BCUT2D eigenvalue weighted by atomic mass is 14.8. The van der Waals surface area contributed by atoms with Crippen LogP contribution in [-0.4, -0.2) is 9.97 Å². The Labute approximate surface area is 78.0 Å². The second-order valence-electron chi connectivity index (χ2n) is 4.37. The number of nitrogens with one attached hydrogen (secondary N) is 1. The second-order valence-corrected chi connectivity index (χ2v) is 4.37. The molecule has 0 aliphatic heterocycles. The molecule has 0 spiro atoms. The zero-order chi connectivity index (χ0) is 9.47. The minimum absolute atomic E-state index is 0.167. The summed E-state index contributed by atoms with van der Waals surface area (Å²) >= 11 is 0. The van der Waals surface area contributed by atoms with Crippen molar-refractivity contribution >= 4 is 11.0 Å². The first kappa shape index (κ1) is 8.30. The molecule has 2 aromatic heterocycles. The third kappa shape index (κ3) is 1.44. The van der Waals surface area contributed by atoms with Gasteiger partial charge in [0.1, 0.15) is 0 Å². The van der Waals surface area contributed by atoms with Crippen LogP contribution in [0.3, 0.4) is 0 Å². The highest BCUT2D eigenvalue weighted by Crippen LogP contribution is 2.24. The number of aromatic nitrogens is 2. The third-order valence-electron chi connectivity index (χ3n) is 2.20. The molecule has 0 aliphatic rings. The lowest BCUT2D eigenvalue weighted by atomic mass is 9.93. The zero-order valence-corrected chi connectivity index (χ0v) is 8.26. The molecule has 2 nitrogen and oxygen atoms in total. The van der Waals surface area contributed by atoms with E-state index < -0.39 is 0 Å². The van der Waals surface area contributed by atoms with Crippen LogP contribution in [0.5, 0.6) is 0 Å². The number of hydrogen-bond acceptors (Lipinski definition) is 1. The van der Waals surface area contributed by atoms with Gasteiger partial charge in [0.2, 0.25) is 0 Å². The molecule has 2 heteroatoms. The summed E-state index contributed by atoms with van der Waals surface area (Å²) in [6.07, 6.45) is 1.82. The van der Waals surface area contributed by atoms with Gasteiger partial charge in [0, 0.05) is 17.3 Å². The van der Waals surface area contributed by atoms with E-state index in [0.717, 1.165) is 11.0 Å². The van der Waals surface area contributed by atoms with E-state index in [4.69, 9.17) is 0 Å². The number of hydrogen-bond donors (Lipinski definition) is 1. The largest absolute Gasteiger partial charge is 0.357 e. The number of nitrogens with zero attached hydrogens (tertiary/aromatic N) is 1. The van der Waals surface area contributed by atoms with Crippen molar-refractivity contribution in [3.63, 3.8) is 0 Å². The molecule has 2 rings (SSSR count). The average Bonchev–Trinajstić information content (AvgIpc) is 2.45. The minimum atomic E-state index is 0.167. The molecule has 0 amide bonds. The van der Waals surface area contributed by atoms with Gasteiger partial charge >= 0.3 is 0 Å². The molecule has 0 bridgehead atoms. The first-order chi connectivity index (χ1) is 6.07.